The first-order valence-corrected chi connectivity index (χ1v) is 14.7. The molecule has 6 rings (SSSR count). The monoisotopic (exact) mass is 571 g/mol. The van der Waals surface area contributed by atoms with Crippen LogP contribution in [0.2, 0.25) is 0 Å². The molecule has 0 spiro atoms. The number of carboxylic acids is 1. The molecule has 0 aliphatic carbocycles. The van der Waals surface area contributed by atoms with E-state index in [0.717, 1.165) is 25.5 Å². The van der Waals surface area contributed by atoms with Crippen LogP contribution in [0, 0.1) is 12.0 Å². The van der Waals surface area contributed by atoms with E-state index in [1.54, 1.807) is 52.7 Å². The molecule has 0 saturated heterocycles. The summed E-state index contributed by atoms with van der Waals surface area (Å²) in [5, 5.41) is 15.2. The van der Waals surface area contributed by atoms with Gasteiger partial charge in [0.15, 0.2) is 0 Å². The molecule has 10 heteroatoms. The second kappa shape index (κ2) is 11.4. The Bertz CT molecular complexity index is 2070. The number of hydrogen-bond acceptors (Lipinski definition) is 5. The average Bonchev–Trinajstić information content (AvgIpc) is 3.71. The molecule has 3 heterocycles. The first-order valence-electron chi connectivity index (χ1n) is 12.4. The van der Waals surface area contributed by atoms with Crippen molar-refractivity contribution in [3.63, 3.8) is 0 Å². The molecule has 41 heavy (non-hydrogen) atoms. The maximum absolute atomic E-state index is 14.1. The van der Waals surface area contributed by atoms with Crippen molar-refractivity contribution in [1.29, 1.82) is 0 Å². The molecule has 7 nitrogen and oxygen atoms in total. The summed E-state index contributed by atoms with van der Waals surface area (Å²) < 4.78 is 33.8. The second-order valence-electron chi connectivity index (χ2n) is 9.24. The number of benzene rings is 3. The predicted molar refractivity (Wildman–Crippen MR) is 154 cm³/mol. The zero-order chi connectivity index (χ0) is 27.9. The molecular formula is C31H22LiN3O4S2. The first-order chi connectivity index (χ1) is 19.3. The van der Waals surface area contributed by atoms with Gasteiger partial charge in [0.25, 0.3) is 10.0 Å². The van der Waals surface area contributed by atoms with E-state index in [1.165, 1.54) is 17.4 Å². The van der Waals surface area contributed by atoms with Crippen LogP contribution in [0.5, 0.6) is 0 Å². The number of carbonyl (C=O) groups is 1. The summed E-state index contributed by atoms with van der Waals surface area (Å²) in [7, 11) is -2.11. The molecule has 0 bridgehead atoms. The molecule has 0 saturated carbocycles. The first kappa shape index (κ1) is 28.3. The third kappa shape index (κ3) is 5.31. The molecule has 0 radical (unpaired) electrons. The van der Waals surface area contributed by atoms with E-state index in [4.69, 9.17) is 0 Å². The number of carbonyl (C=O) groups excluding carboxylic acids is 1. The minimum atomic E-state index is -4.06. The second-order valence-corrected chi connectivity index (χ2v) is 12.0. The van der Waals surface area contributed by atoms with Crippen LogP contribution in [-0.2, 0) is 23.6 Å². The van der Waals surface area contributed by atoms with Gasteiger partial charge in [-0.1, -0.05) is 36.4 Å². The van der Waals surface area contributed by atoms with Gasteiger partial charge in [-0.25, -0.2) is 12.7 Å². The fourth-order valence-corrected chi connectivity index (χ4v) is 7.44. The zero-order valence-electron chi connectivity index (χ0n) is 22.3. The maximum Gasteiger partial charge on any atom is 1.00 e. The van der Waals surface area contributed by atoms with E-state index in [-0.39, 0.29) is 35.9 Å². The Labute approximate surface area is 253 Å². The summed E-state index contributed by atoms with van der Waals surface area (Å²) in [4.78, 5) is 12.1. The Balaban J connectivity index is 0.00000337. The molecule has 0 atom stereocenters. The number of hydrogen-bond donors (Lipinski definition) is 0. The molecule has 3 aromatic heterocycles. The molecule has 0 N–H and O–H groups in total. The minimum Gasteiger partial charge on any atom is -0.545 e. The van der Waals surface area contributed by atoms with Gasteiger partial charge in [0.05, 0.1) is 23.8 Å². The molecule has 0 aliphatic heterocycles. The SMILES string of the molecule is Cn1ccc2cc(CN(C#Cc3cccc(C(=O)[O-])c3-n3cccc3)S(=O)(=O)c3csc4ccccc34)ccc21.[Li+]. The number of rotatable bonds is 6. The summed E-state index contributed by atoms with van der Waals surface area (Å²) in [6.45, 7) is 0.00334. The van der Waals surface area contributed by atoms with Crippen molar-refractivity contribution in [2.24, 2.45) is 7.05 Å². The Morgan fingerprint density at radius 3 is 2.54 bits per heavy atom. The standard InChI is InChI=1S/C31H23N3O4S2.Li/c1-32-17-13-24-19-22(11-12-27(24)32)20-34(40(37,38)29-21-39-28-10-3-2-8-25(28)29)18-14-23-7-6-9-26(31(35)36)30(23)33-15-4-5-16-33;/h2-13,15-17,19,21H,20H2,1H3,(H,35,36);/q;+1/p-1. The maximum atomic E-state index is 14.1. The molecule has 6 aromatic rings. The summed E-state index contributed by atoms with van der Waals surface area (Å²) in [5.74, 6) is 1.61. The van der Waals surface area contributed by atoms with Gasteiger partial charge >= 0.3 is 18.9 Å². The van der Waals surface area contributed by atoms with Crippen LogP contribution in [0.15, 0.2) is 108 Å². The Morgan fingerprint density at radius 1 is 0.976 bits per heavy atom. The molecule has 0 fully saturated rings. The van der Waals surface area contributed by atoms with Gasteiger partial charge in [0.2, 0.25) is 0 Å². The third-order valence-corrected chi connectivity index (χ3v) is 9.53. The fourth-order valence-electron chi connectivity index (χ4n) is 4.75. The predicted octanol–water partition coefficient (Wildman–Crippen LogP) is 1.75. The topological polar surface area (TPSA) is 87.4 Å². The molecule has 198 valence electrons. The van der Waals surface area contributed by atoms with Crippen LogP contribution in [-0.4, -0.2) is 27.8 Å². The Kier molecular flexibility index (Phi) is 7.86. The van der Waals surface area contributed by atoms with E-state index in [2.05, 4.69) is 12.0 Å². The van der Waals surface area contributed by atoms with Crippen molar-refractivity contribution in [2.45, 2.75) is 11.4 Å². The van der Waals surface area contributed by atoms with E-state index < -0.39 is 16.0 Å². The molecule has 0 unspecified atom stereocenters. The third-order valence-electron chi connectivity index (χ3n) is 6.72. The summed E-state index contributed by atoms with van der Waals surface area (Å²) in [5.41, 5.74) is 2.42. The summed E-state index contributed by atoms with van der Waals surface area (Å²) >= 11 is 1.36. The van der Waals surface area contributed by atoms with Crippen LogP contribution < -0.4 is 24.0 Å². The quantitative estimate of drug-likeness (QED) is 0.173. The fraction of sp³-hybridized carbons (Fsp3) is 0.0645. The van der Waals surface area contributed by atoms with Crippen LogP contribution in [0.25, 0.3) is 26.7 Å². The molecule has 0 aliphatic rings. The van der Waals surface area contributed by atoms with Crippen molar-refractivity contribution in [2.75, 3.05) is 0 Å². The van der Waals surface area contributed by atoms with Gasteiger partial charge in [-0.15, -0.1) is 11.3 Å². The van der Waals surface area contributed by atoms with Crippen LogP contribution in [0.4, 0.5) is 0 Å². The van der Waals surface area contributed by atoms with Gasteiger partial charge in [-0.3, -0.25) is 0 Å². The van der Waals surface area contributed by atoms with Gasteiger partial charge in [0.1, 0.15) is 4.90 Å². The van der Waals surface area contributed by atoms with Crippen molar-refractivity contribution >= 4 is 48.3 Å². The number of aromatic carboxylic acids is 1. The van der Waals surface area contributed by atoms with Crippen LogP contribution in [0.1, 0.15) is 21.5 Å². The normalized spacial score (nSPS) is 11.1. The number of fused-ring (bicyclic) bond motifs is 2. The van der Waals surface area contributed by atoms with E-state index in [9.17, 15) is 18.3 Å². The number of aryl methyl sites for hydroxylation is 1. The Morgan fingerprint density at radius 2 is 1.76 bits per heavy atom. The number of carboxylic acid groups (broad SMARTS) is 1. The Hall–Kier alpha value is -4.18. The number of nitrogens with zero attached hydrogens (tertiary/aromatic N) is 3. The van der Waals surface area contributed by atoms with Crippen LogP contribution >= 0.6 is 11.3 Å². The van der Waals surface area contributed by atoms with Crippen molar-refractivity contribution in [3.8, 4) is 17.7 Å². The molecule has 3 aromatic carbocycles. The van der Waals surface area contributed by atoms with Crippen molar-refractivity contribution in [1.82, 2.24) is 13.4 Å². The van der Waals surface area contributed by atoms with Gasteiger partial charge in [-0.05, 0) is 59.3 Å². The van der Waals surface area contributed by atoms with E-state index in [1.807, 2.05) is 60.3 Å². The van der Waals surface area contributed by atoms with Gasteiger partial charge in [0, 0.05) is 58.2 Å². The van der Waals surface area contributed by atoms with Crippen molar-refractivity contribution < 1.29 is 37.2 Å². The number of aromatic nitrogens is 2. The number of thiophene rings is 1. The largest absolute Gasteiger partial charge is 1.00 e. The van der Waals surface area contributed by atoms with Crippen LogP contribution in [0.3, 0.4) is 0 Å². The van der Waals surface area contributed by atoms with Crippen molar-refractivity contribution in [3.05, 3.63) is 120 Å². The van der Waals surface area contributed by atoms with Gasteiger partial charge < -0.3 is 19.0 Å². The number of para-hydroxylation sites is 1. The van der Waals surface area contributed by atoms with Gasteiger partial charge in [-0.2, -0.15) is 0 Å². The summed E-state index contributed by atoms with van der Waals surface area (Å²) in [6.07, 6.45) is 5.36. The minimum absolute atomic E-state index is 0. The van der Waals surface area contributed by atoms with E-state index in [0.29, 0.717) is 16.6 Å². The summed E-state index contributed by atoms with van der Waals surface area (Å²) in [6, 6.07) is 26.2. The zero-order valence-corrected chi connectivity index (χ0v) is 23.9. The smallest absolute Gasteiger partial charge is 0.545 e. The average molecular weight is 572 g/mol. The molecular weight excluding hydrogens is 549 g/mol. The molecule has 0 amide bonds. The van der Waals surface area contributed by atoms with E-state index >= 15 is 0 Å². The number of sulfonamides is 1.